The van der Waals surface area contributed by atoms with Crippen molar-refractivity contribution in [2.24, 2.45) is 10.6 Å². The summed E-state index contributed by atoms with van der Waals surface area (Å²) in [6, 6.07) is 3.92. The molecule has 0 aliphatic heterocycles. The summed E-state index contributed by atoms with van der Waals surface area (Å²) < 4.78 is 0. The number of hydrogen-bond donors (Lipinski definition) is 1. The van der Waals surface area contributed by atoms with E-state index < -0.39 is 0 Å². The van der Waals surface area contributed by atoms with Gasteiger partial charge in [-0.3, -0.25) is 0 Å². The third kappa shape index (κ3) is 1.85. The van der Waals surface area contributed by atoms with Gasteiger partial charge in [0.2, 0.25) is 0 Å². The number of hydrogen-bond acceptors (Lipinski definition) is 3. The molecule has 1 aromatic rings. The molecular weight excluding hydrogens is 170 g/mol. The van der Waals surface area contributed by atoms with E-state index in [0.29, 0.717) is 0 Å². The lowest BCUT2D eigenvalue weighted by molar-refractivity contribution is 0.312. The van der Waals surface area contributed by atoms with Crippen molar-refractivity contribution < 1.29 is 5.21 Å². The molecule has 1 heterocycles. The van der Waals surface area contributed by atoms with Crippen LogP contribution in [0.15, 0.2) is 22.7 Å². The first-order valence-electron chi connectivity index (χ1n) is 3.82. The summed E-state index contributed by atoms with van der Waals surface area (Å²) >= 11 is 1.59. The van der Waals surface area contributed by atoms with E-state index >= 15 is 0 Å². The maximum absolute atomic E-state index is 8.83. The molecular formula is C9H13NOS. The smallest absolute Gasteiger partial charge is 0.102 e. The Morgan fingerprint density at radius 1 is 1.50 bits per heavy atom. The summed E-state index contributed by atoms with van der Waals surface area (Å²) in [6.07, 6.45) is 0. The normalized spacial score (nSPS) is 13.4. The highest BCUT2D eigenvalue weighted by molar-refractivity contribution is 7.12. The number of thiophene rings is 1. The second kappa shape index (κ2) is 3.27. The van der Waals surface area contributed by atoms with Crippen molar-refractivity contribution >= 4 is 17.0 Å². The summed E-state index contributed by atoms with van der Waals surface area (Å²) in [7, 11) is 0. The Kier molecular flexibility index (Phi) is 2.52. The van der Waals surface area contributed by atoms with Crippen LogP contribution in [0.5, 0.6) is 0 Å². The predicted molar refractivity (Wildman–Crippen MR) is 52.1 cm³/mol. The summed E-state index contributed by atoms with van der Waals surface area (Å²) in [6.45, 7) is 6.09. The molecule has 0 spiro atoms. The summed E-state index contributed by atoms with van der Waals surface area (Å²) in [5.41, 5.74) is 0.650. The van der Waals surface area contributed by atoms with E-state index in [1.165, 1.54) is 0 Å². The lowest BCUT2D eigenvalue weighted by atomic mass is 9.89. The quantitative estimate of drug-likeness (QED) is 0.405. The lowest BCUT2D eigenvalue weighted by Gasteiger charge is -2.18. The van der Waals surface area contributed by atoms with Gasteiger partial charge in [0.05, 0.1) is 4.88 Å². The zero-order valence-electron chi connectivity index (χ0n) is 7.53. The molecule has 1 N–H and O–H groups in total. The molecule has 2 nitrogen and oxygen atoms in total. The van der Waals surface area contributed by atoms with Gasteiger partial charge in [-0.1, -0.05) is 32.0 Å². The first kappa shape index (κ1) is 9.26. The Morgan fingerprint density at radius 3 is 2.50 bits per heavy atom. The number of nitrogens with zero attached hydrogens (tertiary/aromatic N) is 1. The fourth-order valence-corrected chi connectivity index (χ4v) is 1.90. The van der Waals surface area contributed by atoms with Crippen LogP contribution in [-0.4, -0.2) is 10.9 Å². The molecule has 12 heavy (non-hydrogen) atoms. The Balaban J connectivity index is 3.01. The van der Waals surface area contributed by atoms with E-state index in [4.69, 9.17) is 5.21 Å². The van der Waals surface area contributed by atoms with Crippen LogP contribution in [0.2, 0.25) is 0 Å². The van der Waals surface area contributed by atoms with E-state index in [2.05, 4.69) is 5.16 Å². The first-order chi connectivity index (χ1) is 5.55. The average Bonchev–Trinajstić information content (AvgIpc) is 2.38. The molecule has 3 heteroatoms. The maximum Gasteiger partial charge on any atom is 0.102 e. The van der Waals surface area contributed by atoms with E-state index in [1.54, 1.807) is 11.3 Å². The molecule has 0 atom stereocenters. The van der Waals surface area contributed by atoms with Crippen LogP contribution in [0, 0.1) is 5.41 Å². The van der Waals surface area contributed by atoms with Gasteiger partial charge in [-0.15, -0.1) is 11.3 Å². The van der Waals surface area contributed by atoms with Crippen LogP contribution in [0.3, 0.4) is 0 Å². The number of rotatable bonds is 1. The van der Waals surface area contributed by atoms with E-state index in [9.17, 15) is 0 Å². The zero-order chi connectivity index (χ0) is 9.19. The van der Waals surface area contributed by atoms with Gasteiger partial charge in [0, 0.05) is 5.41 Å². The molecule has 1 aromatic heterocycles. The fraction of sp³-hybridized carbons (Fsp3) is 0.444. The van der Waals surface area contributed by atoms with Gasteiger partial charge in [0.25, 0.3) is 0 Å². The van der Waals surface area contributed by atoms with Crippen LogP contribution >= 0.6 is 11.3 Å². The Labute approximate surface area is 76.5 Å². The van der Waals surface area contributed by atoms with Gasteiger partial charge >= 0.3 is 0 Å². The van der Waals surface area contributed by atoms with Crippen LogP contribution in [-0.2, 0) is 0 Å². The Bertz CT molecular complexity index is 269. The maximum atomic E-state index is 8.83. The van der Waals surface area contributed by atoms with Gasteiger partial charge in [-0.05, 0) is 11.4 Å². The van der Waals surface area contributed by atoms with Crippen molar-refractivity contribution in [1.82, 2.24) is 0 Å². The van der Waals surface area contributed by atoms with Crippen LogP contribution in [0.1, 0.15) is 25.6 Å². The molecule has 0 amide bonds. The minimum atomic E-state index is -0.0976. The fourth-order valence-electron chi connectivity index (χ4n) is 0.982. The molecule has 0 aliphatic carbocycles. The summed E-state index contributed by atoms with van der Waals surface area (Å²) in [4.78, 5) is 1.03. The van der Waals surface area contributed by atoms with Gasteiger partial charge < -0.3 is 5.21 Å². The molecule has 0 radical (unpaired) electrons. The summed E-state index contributed by atoms with van der Waals surface area (Å²) in [5, 5.41) is 14.1. The monoisotopic (exact) mass is 183 g/mol. The van der Waals surface area contributed by atoms with Crippen molar-refractivity contribution in [3.8, 4) is 0 Å². The average molecular weight is 183 g/mol. The van der Waals surface area contributed by atoms with Gasteiger partial charge in [0.1, 0.15) is 5.71 Å². The van der Waals surface area contributed by atoms with E-state index in [-0.39, 0.29) is 5.41 Å². The first-order valence-corrected chi connectivity index (χ1v) is 4.70. The zero-order valence-corrected chi connectivity index (χ0v) is 8.35. The standard InChI is InChI=1S/C9H13NOS/c1-9(2,3)8(10-11)7-5-4-6-12-7/h4-6,11H,1-3H3/b10-8-. The minimum absolute atomic E-state index is 0.0976. The van der Waals surface area contributed by atoms with Crippen molar-refractivity contribution in [2.45, 2.75) is 20.8 Å². The highest BCUT2D eigenvalue weighted by Gasteiger charge is 2.21. The van der Waals surface area contributed by atoms with Crippen LogP contribution in [0.4, 0.5) is 0 Å². The second-order valence-electron chi connectivity index (χ2n) is 3.68. The third-order valence-electron chi connectivity index (χ3n) is 1.56. The van der Waals surface area contributed by atoms with Gasteiger partial charge in [-0.2, -0.15) is 0 Å². The molecule has 1 rings (SSSR count). The Morgan fingerprint density at radius 2 is 2.17 bits per heavy atom. The SMILES string of the molecule is CC(C)(C)/C(=N\O)c1cccs1. The molecule has 0 saturated carbocycles. The molecule has 0 aromatic carbocycles. The predicted octanol–water partition coefficient (Wildman–Crippen LogP) is 2.97. The molecule has 0 fully saturated rings. The van der Waals surface area contributed by atoms with Crippen LogP contribution < -0.4 is 0 Å². The lowest BCUT2D eigenvalue weighted by Crippen LogP contribution is -2.20. The Hall–Kier alpha value is -0.830. The number of oxime groups is 1. The topological polar surface area (TPSA) is 32.6 Å². The molecule has 66 valence electrons. The van der Waals surface area contributed by atoms with Gasteiger partial charge in [-0.25, -0.2) is 0 Å². The van der Waals surface area contributed by atoms with Crippen molar-refractivity contribution in [3.05, 3.63) is 22.4 Å². The summed E-state index contributed by atoms with van der Waals surface area (Å²) in [5.74, 6) is 0. The van der Waals surface area contributed by atoms with E-state index in [1.807, 2.05) is 38.3 Å². The molecule has 0 unspecified atom stereocenters. The van der Waals surface area contributed by atoms with E-state index in [0.717, 1.165) is 10.6 Å². The molecule has 0 saturated heterocycles. The second-order valence-corrected chi connectivity index (χ2v) is 4.62. The van der Waals surface area contributed by atoms with Crippen LogP contribution in [0.25, 0.3) is 0 Å². The van der Waals surface area contributed by atoms with Gasteiger partial charge in [0.15, 0.2) is 0 Å². The molecule has 0 bridgehead atoms. The molecule has 0 aliphatic rings. The van der Waals surface area contributed by atoms with Crippen molar-refractivity contribution in [2.75, 3.05) is 0 Å². The third-order valence-corrected chi connectivity index (χ3v) is 2.44. The minimum Gasteiger partial charge on any atom is -0.411 e. The highest BCUT2D eigenvalue weighted by atomic mass is 32.1. The van der Waals surface area contributed by atoms with Crippen molar-refractivity contribution in [3.63, 3.8) is 0 Å². The largest absolute Gasteiger partial charge is 0.411 e. The highest BCUT2D eigenvalue weighted by Crippen LogP contribution is 2.24. The van der Waals surface area contributed by atoms with Crippen molar-refractivity contribution in [1.29, 1.82) is 0 Å².